The lowest BCUT2D eigenvalue weighted by Crippen LogP contribution is -2.32. The number of aryl methyl sites for hydroxylation is 1. The average molecular weight is 253 g/mol. The molecule has 0 amide bonds. The molecule has 2 aliphatic heterocycles. The van der Waals surface area contributed by atoms with E-state index < -0.39 is 0 Å². The maximum absolute atomic E-state index is 4.91. The van der Waals surface area contributed by atoms with Crippen LogP contribution < -0.4 is 0 Å². The fourth-order valence-electron chi connectivity index (χ4n) is 3.53. The molecule has 0 aliphatic carbocycles. The van der Waals surface area contributed by atoms with Gasteiger partial charge in [0, 0.05) is 31.0 Å². The van der Waals surface area contributed by atoms with Crippen molar-refractivity contribution in [2.75, 3.05) is 13.6 Å². The summed E-state index contributed by atoms with van der Waals surface area (Å²) in [5, 5.41) is 1.42. The molecule has 2 aliphatic rings. The lowest BCUT2D eigenvalue weighted by molar-refractivity contribution is 0.481. The topological polar surface area (TPSA) is 20.5 Å². The lowest BCUT2D eigenvalue weighted by Gasteiger charge is -2.25. The van der Waals surface area contributed by atoms with Gasteiger partial charge in [-0.25, -0.2) is 0 Å². The number of aromatic nitrogens is 1. The monoisotopic (exact) mass is 253 g/mol. The predicted octanol–water partition coefficient (Wildman–Crippen LogP) is 2.67. The Morgan fingerprint density at radius 2 is 2.05 bits per heavy atom. The van der Waals surface area contributed by atoms with E-state index in [1.807, 2.05) is 0 Å². The summed E-state index contributed by atoms with van der Waals surface area (Å²) in [4.78, 5) is 7.24. The fraction of sp³-hybridized carbons (Fsp3) is 0.438. The van der Waals surface area contributed by atoms with Crippen LogP contribution in [0.2, 0.25) is 0 Å². The van der Waals surface area contributed by atoms with Crippen molar-refractivity contribution in [2.45, 2.75) is 32.4 Å². The van der Waals surface area contributed by atoms with Gasteiger partial charge in [0.05, 0.1) is 11.7 Å². The largest absolute Gasteiger partial charge is 0.358 e. The van der Waals surface area contributed by atoms with Crippen LogP contribution in [0.25, 0.3) is 10.9 Å². The van der Waals surface area contributed by atoms with Crippen molar-refractivity contribution in [3.8, 4) is 0 Å². The number of benzene rings is 1. The van der Waals surface area contributed by atoms with E-state index in [0.717, 1.165) is 19.5 Å². The first-order valence-corrected chi connectivity index (χ1v) is 7.15. The normalized spacial score (nSPS) is 22.1. The van der Waals surface area contributed by atoms with E-state index in [0.29, 0.717) is 6.04 Å². The standard InChI is InChI=1S/C16H19N3/c1-11-10-13-12-6-3-4-7-14(12)19-9-5-8-18(2)16(17-11)15(13)19/h3-4,6-7,11H,5,8-10H2,1-2H3. The van der Waals surface area contributed by atoms with Crippen LogP contribution in [0.15, 0.2) is 29.3 Å². The van der Waals surface area contributed by atoms with Crippen LogP contribution in [-0.2, 0) is 13.0 Å². The van der Waals surface area contributed by atoms with Gasteiger partial charge in [0.15, 0.2) is 0 Å². The van der Waals surface area contributed by atoms with Crippen LogP contribution in [0, 0.1) is 0 Å². The molecule has 0 fully saturated rings. The fourth-order valence-corrected chi connectivity index (χ4v) is 3.53. The Morgan fingerprint density at radius 3 is 2.95 bits per heavy atom. The molecule has 4 rings (SSSR count). The zero-order valence-corrected chi connectivity index (χ0v) is 11.6. The highest BCUT2D eigenvalue weighted by Gasteiger charge is 2.29. The minimum Gasteiger partial charge on any atom is -0.358 e. The second-order valence-corrected chi connectivity index (χ2v) is 5.78. The van der Waals surface area contributed by atoms with Gasteiger partial charge >= 0.3 is 0 Å². The molecule has 3 heterocycles. The Hall–Kier alpha value is -1.77. The van der Waals surface area contributed by atoms with E-state index >= 15 is 0 Å². The van der Waals surface area contributed by atoms with Crippen LogP contribution in [0.3, 0.4) is 0 Å². The number of nitrogens with zero attached hydrogens (tertiary/aromatic N) is 3. The van der Waals surface area contributed by atoms with E-state index in [1.165, 1.54) is 34.4 Å². The van der Waals surface area contributed by atoms with E-state index in [4.69, 9.17) is 4.99 Å². The van der Waals surface area contributed by atoms with Gasteiger partial charge in [-0.05, 0) is 31.4 Å². The molecule has 3 heteroatoms. The summed E-state index contributed by atoms with van der Waals surface area (Å²) in [6.45, 7) is 4.43. The Morgan fingerprint density at radius 1 is 1.21 bits per heavy atom. The molecule has 1 aromatic carbocycles. The Kier molecular flexibility index (Phi) is 2.25. The number of para-hydroxylation sites is 1. The van der Waals surface area contributed by atoms with Gasteiger partial charge in [-0.15, -0.1) is 0 Å². The van der Waals surface area contributed by atoms with Crippen LogP contribution in [0.1, 0.15) is 24.6 Å². The number of rotatable bonds is 0. The first-order chi connectivity index (χ1) is 9.25. The summed E-state index contributed by atoms with van der Waals surface area (Å²) < 4.78 is 2.48. The van der Waals surface area contributed by atoms with Gasteiger partial charge in [-0.1, -0.05) is 18.2 Å². The summed E-state index contributed by atoms with van der Waals surface area (Å²) in [5.74, 6) is 1.20. The van der Waals surface area contributed by atoms with Gasteiger partial charge in [-0.2, -0.15) is 0 Å². The quantitative estimate of drug-likeness (QED) is 0.707. The highest BCUT2D eigenvalue weighted by molar-refractivity contribution is 6.05. The van der Waals surface area contributed by atoms with Crippen molar-refractivity contribution in [1.29, 1.82) is 0 Å². The molecule has 2 aromatic rings. The third kappa shape index (κ3) is 1.47. The van der Waals surface area contributed by atoms with Crippen LogP contribution in [0.4, 0.5) is 0 Å². The molecule has 3 nitrogen and oxygen atoms in total. The minimum absolute atomic E-state index is 0.391. The molecule has 0 spiro atoms. The van der Waals surface area contributed by atoms with Crippen LogP contribution in [-0.4, -0.2) is 34.9 Å². The average Bonchev–Trinajstić information content (AvgIpc) is 2.62. The molecule has 1 atom stereocenters. The molecule has 0 saturated carbocycles. The molecular weight excluding hydrogens is 234 g/mol. The second-order valence-electron chi connectivity index (χ2n) is 5.78. The maximum atomic E-state index is 4.91. The molecule has 1 unspecified atom stereocenters. The van der Waals surface area contributed by atoms with Gasteiger partial charge in [0.1, 0.15) is 5.84 Å². The van der Waals surface area contributed by atoms with Crippen molar-refractivity contribution in [3.05, 3.63) is 35.5 Å². The van der Waals surface area contributed by atoms with E-state index in [9.17, 15) is 0 Å². The Labute approximate surface area is 113 Å². The number of fused-ring (bicyclic) bond motifs is 3. The summed E-state index contributed by atoms with van der Waals surface area (Å²) in [6.07, 6.45) is 2.26. The zero-order chi connectivity index (χ0) is 13.0. The van der Waals surface area contributed by atoms with Crippen molar-refractivity contribution >= 4 is 16.7 Å². The molecule has 0 N–H and O–H groups in total. The van der Waals surface area contributed by atoms with Crippen molar-refractivity contribution in [3.63, 3.8) is 0 Å². The first-order valence-electron chi connectivity index (χ1n) is 7.15. The van der Waals surface area contributed by atoms with E-state index in [1.54, 1.807) is 0 Å². The zero-order valence-electron chi connectivity index (χ0n) is 11.6. The Balaban J connectivity index is 2.10. The molecule has 0 bridgehead atoms. The second kappa shape index (κ2) is 3.86. The third-order valence-corrected chi connectivity index (χ3v) is 4.37. The summed E-state index contributed by atoms with van der Waals surface area (Å²) >= 11 is 0. The highest BCUT2D eigenvalue weighted by Crippen LogP contribution is 2.33. The van der Waals surface area contributed by atoms with Gasteiger partial charge in [-0.3, -0.25) is 4.99 Å². The molecule has 0 saturated heterocycles. The smallest absolute Gasteiger partial charge is 0.148 e. The summed E-state index contributed by atoms with van der Waals surface area (Å²) in [7, 11) is 2.17. The lowest BCUT2D eigenvalue weighted by atomic mass is 10.00. The highest BCUT2D eigenvalue weighted by atomic mass is 15.2. The minimum atomic E-state index is 0.391. The Bertz CT molecular complexity index is 666. The van der Waals surface area contributed by atoms with Gasteiger partial charge in [0.25, 0.3) is 0 Å². The summed E-state index contributed by atoms with van der Waals surface area (Å²) in [6, 6.07) is 9.20. The molecular formula is C16H19N3. The van der Waals surface area contributed by atoms with Crippen molar-refractivity contribution < 1.29 is 0 Å². The third-order valence-electron chi connectivity index (χ3n) is 4.37. The number of hydrogen-bond donors (Lipinski definition) is 0. The first kappa shape index (κ1) is 11.1. The molecule has 98 valence electrons. The van der Waals surface area contributed by atoms with Crippen LogP contribution >= 0.6 is 0 Å². The van der Waals surface area contributed by atoms with Gasteiger partial charge < -0.3 is 9.47 Å². The number of amidine groups is 1. The summed E-state index contributed by atoms with van der Waals surface area (Å²) in [5.41, 5.74) is 4.26. The van der Waals surface area contributed by atoms with Crippen LogP contribution in [0.5, 0.6) is 0 Å². The van der Waals surface area contributed by atoms with Gasteiger partial charge in [0.2, 0.25) is 0 Å². The molecule has 1 aromatic heterocycles. The number of hydrogen-bond acceptors (Lipinski definition) is 2. The maximum Gasteiger partial charge on any atom is 0.148 e. The predicted molar refractivity (Wildman–Crippen MR) is 78.9 cm³/mol. The van der Waals surface area contributed by atoms with Crippen molar-refractivity contribution in [2.24, 2.45) is 4.99 Å². The van der Waals surface area contributed by atoms with E-state index in [2.05, 4.69) is 47.7 Å². The van der Waals surface area contributed by atoms with E-state index in [-0.39, 0.29) is 0 Å². The number of aliphatic imine (C=N–C) groups is 1. The SMILES string of the molecule is CC1Cc2c3n(c4ccccc24)CCCN(C)C3=N1. The molecule has 0 radical (unpaired) electrons. The van der Waals surface area contributed by atoms with Crippen molar-refractivity contribution in [1.82, 2.24) is 9.47 Å². The molecule has 19 heavy (non-hydrogen) atoms.